The van der Waals surface area contributed by atoms with Crippen LogP contribution in [0.25, 0.3) is 0 Å². The Balaban J connectivity index is 2.73. The smallest absolute Gasteiger partial charge is 0.204 e. The molecule has 1 aliphatic carbocycles. The first kappa shape index (κ1) is 19.3. The molecular formula is C19H24O3S2. The van der Waals surface area contributed by atoms with Crippen LogP contribution in [0.2, 0.25) is 0 Å². The van der Waals surface area contributed by atoms with Gasteiger partial charge in [-0.3, -0.25) is 9.59 Å². The second kappa shape index (κ2) is 7.89. The Kier molecular flexibility index (Phi) is 6.34. The number of benzene rings is 1. The molecule has 24 heavy (non-hydrogen) atoms. The fourth-order valence-electron chi connectivity index (χ4n) is 3.11. The van der Waals surface area contributed by atoms with Crippen LogP contribution in [-0.4, -0.2) is 31.2 Å². The number of thioether (sulfide) groups is 2. The van der Waals surface area contributed by atoms with E-state index in [1.807, 2.05) is 30.7 Å². The third kappa shape index (κ3) is 3.22. The molecule has 2 rings (SSSR count). The summed E-state index contributed by atoms with van der Waals surface area (Å²) in [6.45, 7) is 4.25. The van der Waals surface area contributed by atoms with Crippen molar-refractivity contribution in [2.24, 2.45) is 5.92 Å². The van der Waals surface area contributed by atoms with E-state index in [9.17, 15) is 9.59 Å². The number of carbonyl (C=O) groups is 2. The molecule has 0 saturated heterocycles. The van der Waals surface area contributed by atoms with Gasteiger partial charge in [-0.15, -0.1) is 23.5 Å². The first-order valence-corrected chi connectivity index (χ1v) is 10.4. The fourth-order valence-corrected chi connectivity index (χ4v) is 4.56. The molecule has 1 aromatic rings. The molecule has 0 fully saturated rings. The molecule has 1 atom stereocenters. The predicted molar refractivity (Wildman–Crippen MR) is 103 cm³/mol. The van der Waals surface area contributed by atoms with E-state index in [0.717, 1.165) is 10.7 Å². The summed E-state index contributed by atoms with van der Waals surface area (Å²) < 4.78 is 6.59. The number of ether oxygens (including phenoxy) is 1. The van der Waals surface area contributed by atoms with Crippen molar-refractivity contribution in [3.63, 3.8) is 0 Å². The van der Waals surface area contributed by atoms with Crippen molar-refractivity contribution in [2.45, 2.75) is 32.3 Å². The molecular weight excluding hydrogens is 340 g/mol. The van der Waals surface area contributed by atoms with E-state index in [1.54, 1.807) is 13.2 Å². The van der Waals surface area contributed by atoms with Gasteiger partial charge in [-0.2, -0.15) is 0 Å². The van der Waals surface area contributed by atoms with E-state index in [1.165, 1.54) is 23.5 Å². The van der Waals surface area contributed by atoms with E-state index in [0.29, 0.717) is 23.5 Å². The summed E-state index contributed by atoms with van der Waals surface area (Å²) in [6, 6.07) is 7.35. The Bertz CT molecular complexity index is 673. The molecule has 1 unspecified atom stereocenters. The maximum absolute atomic E-state index is 13.4. The van der Waals surface area contributed by atoms with Crippen molar-refractivity contribution in [3.8, 4) is 0 Å². The topological polar surface area (TPSA) is 43.4 Å². The van der Waals surface area contributed by atoms with Gasteiger partial charge in [0.1, 0.15) is 0 Å². The standard InChI is InChI=1S/C19H24O3S2/c1-12(2)10-11-19(22-3)14-9-7-6-8-13(14)16(20)15(17(19)21)18(23-4)24-5/h6-9,12H,10-11H2,1-5H3. The van der Waals surface area contributed by atoms with Gasteiger partial charge in [-0.05, 0) is 31.3 Å². The van der Waals surface area contributed by atoms with Crippen molar-refractivity contribution in [3.05, 3.63) is 45.2 Å². The quantitative estimate of drug-likeness (QED) is 0.542. The van der Waals surface area contributed by atoms with Gasteiger partial charge in [0, 0.05) is 18.2 Å². The molecule has 0 aromatic heterocycles. The van der Waals surface area contributed by atoms with E-state index < -0.39 is 5.60 Å². The molecule has 0 spiro atoms. The zero-order valence-corrected chi connectivity index (χ0v) is 16.5. The van der Waals surface area contributed by atoms with Gasteiger partial charge in [0.15, 0.2) is 11.4 Å². The van der Waals surface area contributed by atoms with Crippen molar-refractivity contribution in [1.82, 2.24) is 0 Å². The average molecular weight is 365 g/mol. The first-order valence-electron chi connectivity index (χ1n) is 7.99. The maximum Gasteiger partial charge on any atom is 0.204 e. The van der Waals surface area contributed by atoms with Crippen molar-refractivity contribution < 1.29 is 14.3 Å². The number of hydrogen-bond acceptors (Lipinski definition) is 5. The third-order valence-corrected chi connectivity index (χ3v) is 6.57. The summed E-state index contributed by atoms with van der Waals surface area (Å²) in [5.74, 6) is 0.0576. The van der Waals surface area contributed by atoms with Crippen LogP contribution < -0.4 is 0 Å². The molecule has 0 aliphatic heterocycles. The summed E-state index contributed by atoms with van der Waals surface area (Å²) in [5, 5.41) is 0. The van der Waals surface area contributed by atoms with E-state index in [2.05, 4.69) is 13.8 Å². The number of ketones is 2. The second-order valence-corrected chi connectivity index (χ2v) is 8.13. The monoisotopic (exact) mass is 364 g/mol. The lowest BCUT2D eigenvalue weighted by Crippen LogP contribution is -2.46. The summed E-state index contributed by atoms with van der Waals surface area (Å²) >= 11 is 2.88. The van der Waals surface area contributed by atoms with Gasteiger partial charge < -0.3 is 4.74 Å². The molecule has 0 bridgehead atoms. The Morgan fingerprint density at radius 2 is 1.79 bits per heavy atom. The highest BCUT2D eigenvalue weighted by atomic mass is 32.2. The normalized spacial score (nSPS) is 20.5. The summed E-state index contributed by atoms with van der Waals surface area (Å²) in [4.78, 5) is 26.4. The van der Waals surface area contributed by atoms with Gasteiger partial charge in [0.25, 0.3) is 0 Å². The Morgan fingerprint density at radius 1 is 1.17 bits per heavy atom. The van der Waals surface area contributed by atoms with E-state index in [4.69, 9.17) is 4.74 Å². The number of rotatable bonds is 6. The highest BCUT2D eigenvalue weighted by Crippen LogP contribution is 2.44. The lowest BCUT2D eigenvalue weighted by atomic mass is 9.72. The minimum atomic E-state index is -1.07. The van der Waals surface area contributed by atoms with E-state index in [-0.39, 0.29) is 17.1 Å². The van der Waals surface area contributed by atoms with Crippen LogP contribution in [0.1, 0.15) is 42.6 Å². The third-order valence-electron chi connectivity index (χ3n) is 4.42. The first-order chi connectivity index (χ1) is 11.4. The number of hydrogen-bond donors (Lipinski definition) is 0. The number of methoxy groups -OCH3 is 1. The second-order valence-electron chi connectivity index (χ2n) is 6.24. The van der Waals surface area contributed by atoms with Gasteiger partial charge in [0.2, 0.25) is 5.78 Å². The highest BCUT2D eigenvalue weighted by Gasteiger charge is 2.50. The highest BCUT2D eigenvalue weighted by molar-refractivity contribution is 8.21. The molecule has 0 N–H and O–H groups in total. The average Bonchev–Trinajstić information content (AvgIpc) is 2.59. The fraction of sp³-hybridized carbons (Fsp3) is 0.474. The SMILES string of the molecule is COC1(CCC(C)C)C(=O)C(=C(SC)SC)C(=O)c2ccccc21. The minimum absolute atomic E-state index is 0.188. The van der Waals surface area contributed by atoms with Crippen LogP contribution in [-0.2, 0) is 15.1 Å². The van der Waals surface area contributed by atoms with Crippen LogP contribution in [0.4, 0.5) is 0 Å². The van der Waals surface area contributed by atoms with Gasteiger partial charge >= 0.3 is 0 Å². The largest absolute Gasteiger partial charge is 0.365 e. The van der Waals surface area contributed by atoms with Crippen LogP contribution in [0.5, 0.6) is 0 Å². The van der Waals surface area contributed by atoms with Gasteiger partial charge in [-0.25, -0.2) is 0 Å². The van der Waals surface area contributed by atoms with Crippen molar-refractivity contribution >= 4 is 35.1 Å². The Labute approximate surface area is 152 Å². The zero-order chi connectivity index (χ0) is 17.9. The summed E-state index contributed by atoms with van der Waals surface area (Å²) in [6.07, 6.45) is 5.21. The molecule has 130 valence electrons. The molecule has 0 saturated carbocycles. The minimum Gasteiger partial charge on any atom is -0.365 e. The van der Waals surface area contributed by atoms with E-state index >= 15 is 0 Å². The molecule has 1 aliphatic rings. The van der Waals surface area contributed by atoms with Crippen LogP contribution >= 0.6 is 23.5 Å². The maximum atomic E-state index is 13.4. The molecule has 0 radical (unpaired) electrons. The van der Waals surface area contributed by atoms with Crippen molar-refractivity contribution in [2.75, 3.05) is 19.6 Å². The summed E-state index contributed by atoms with van der Waals surface area (Å²) in [7, 11) is 1.57. The van der Waals surface area contributed by atoms with Crippen molar-refractivity contribution in [1.29, 1.82) is 0 Å². The van der Waals surface area contributed by atoms with Gasteiger partial charge in [-0.1, -0.05) is 38.1 Å². The molecule has 5 heteroatoms. The lowest BCUT2D eigenvalue weighted by Gasteiger charge is -2.37. The number of carbonyl (C=O) groups excluding carboxylic acids is 2. The van der Waals surface area contributed by atoms with Gasteiger partial charge in [0.05, 0.1) is 9.81 Å². The molecule has 0 heterocycles. The van der Waals surface area contributed by atoms with Crippen LogP contribution in [0.15, 0.2) is 34.1 Å². The van der Waals surface area contributed by atoms with Crippen LogP contribution in [0.3, 0.4) is 0 Å². The number of Topliss-reactive ketones (excluding diaryl/α,β-unsaturated/α-hetero) is 2. The summed E-state index contributed by atoms with van der Waals surface area (Å²) in [5.41, 5.74) is 0.493. The zero-order valence-electron chi connectivity index (χ0n) is 14.8. The Hall–Kier alpha value is -1.04. The molecule has 3 nitrogen and oxygen atoms in total. The van der Waals surface area contributed by atoms with Crippen LogP contribution in [0, 0.1) is 5.92 Å². The molecule has 1 aromatic carbocycles. The molecule has 0 amide bonds. The lowest BCUT2D eigenvalue weighted by molar-refractivity contribution is -0.139. The Morgan fingerprint density at radius 3 is 2.33 bits per heavy atom. The predicted octanol–water partition coefficient (Wildman–Crippen LogP) is 4.67. The number of fused-ring (bicyclic) bond motifs is 1.